The summed E-state index contributed by atoms with van der Waals surface area (Å²) >= 11 is 0. The molecule has 1 aromatic rings. The summed E-state index contributed by atoms with van der Waals surface area (Å²) in [4.78, 5) is 12.2. The van der Waals surface area contributed by atoms with Gasteiger partial charge in [0.15, 0.2) is 0 Å². The van der Waals surface area contributed by atoms with E-state index in [1.807, 2.05) is 0 Å². The van der Waals surface area contributed by atoms with E-state index in [2.05, 4.69) is 30.3 Å². The lowest BCUT2D eigenvalue weighted by Crippen LogP contribution is -2.48. The molecular formula is C19H23NO. The predicted molar refractivity (Wildman–Crippen MR) is 81.5 cm³/mol. The second kappa shape index (κ2) is 3.53. The fraction of sp³-hybridized carbons (Fsp3) is 0.632. The minimum Gasteiger partial charge on any atom is -0.369 e. The van der Waals surface area contributed by atoms with E-state index in [9.17, 15) is 4.79 Å². The third-order valence-corrected chi connectivity index (χ3v) is 7.69. The third-order valence-electron chi connectivity index (χ3n) is 7.69. The van der Waals surface area contributed by atoms with Gasteiger partial charge in [-0.2, -0.15) is 0 Å². The van der Waals surface area contributed by atoms with Gasteiger partial charge in [-0.25, -0.2) is 0 Å². The van der Waals surface area contributed by atoms with Gasteiger partial charge in [-0.3, -0.25) is 4.79 Å². The summed E-state index contributed by atoms with van der Waals surface area (Å²) in [7, 11) is 0. The van der Waals surface area contributed by atoms with Crippen LogP contribution >= 0.6 is 0 Å². The predicted octanol–water partition coefficient (Wildman–Crippen LogP) is 3.40. The third kappa shape index (κ3) is 1.32. The average molecular weight is 281 g/mol. The number of carbonyl (C=O) groups is 1. The quantitative estimate of drug-likeness (QED) is 0.887. The second-order valence-electron chi connectivity index (χ2n) is 8.33. The Hall–Kier alpha value is -1.31. The molecule has 1 spiro atoms. The Labute approximate surface area is 126 Å². The van der Waals surface area contributed by atoms with Crippen LogP contribution in [0.25, 0.3) is 0 Å². The number of nitrogens with two attached hydrogens (primary N) is 1. The van der Waals surface area contributed by atoms with Crippen LogP contribution in [0.2, 0.25) is 0 Å². The molecular weight excluding hydrogens is 258 g/mol. The van der Waals surface area contributed by atoms with Gasteiger partial charge in [0.25, 0.3) is 0 Å². The fourth-order valence-corrected chi connectivity index (χ4v) is 6.54. The van der Waals surface area contributed by atoms with Crippen molar-refractivity contribution in [1.82, 2.24) is 0 Å². The largest absolute Gasteiger partial charge is 0.369 e. The first-order valence-electron chi connectivity index (χ1n) is 8.46. The Morgan fingerprint density at radius 2 is 1.67 bits per heavy atom. The molecule has 2 nitrogen and oxygen atoms in total. The van der Waals surface area contributed by atoms with Crippen molar-refractivity contribution in [3.05, 3.63) is 35.9 Å². The molecule has 2 bridgehead atoms. The molecule has 0 heterocycles. The molecule has 4 unspecified atom stereocenters. The average Bonchev–Trinajstić information content (AvgIpc) is 3.04. The second-order valence-corrected chi connectivity index (χ2v) is 8.33. The standard InChI is InChI=1S/C19H23NO/c20-16(21)18-10-14-15(11-18)19(12-18,9-8-17(14)6-7-17)13-4-2-1-3-5-13/h1-5,14-15H,6-12H2,(H2,20,21). The van der Waals surface area contributed by atoms with Crippen LogP contribution in [0.3, 0.4) is 0 Å². The smallest absolute Gasteiger partial charge is 0.223 e. The Morgan fingerprint density at radius 3 is 2.29 bits per heavy atom. The lowest BCUT2D eigenvalue weighted by Gasteiger charge is -2.52. The minimum absolute atomic E-state index is 0.0227. The highest BCUT2D eigenvalue weighted by Gasteiger charge is 2.72. The SMILES string of the molecule is NC(=O)C12CC3C(C1)C(c1ccccc1)(CCC31CC1)C2. The molecule has 0 aromatic heterocycles. The van der Waals surface area contributed by atoms with E-state index in [1.165, 1.54) is 31.2 Å². The van der Waals surface area contributed by atoms with Crippen molar-refractivity contribution in [2.45, 2.75) is 50.4 Å². The van der Waals surface area contributed by atoms with Crippen molar-refractivity contribution in [2.75, 3.05) is 0 Å². The van der Waals surface area contributed by atoms with E-state index in [-0.39, 0.29) is 16.7 Å². The highest BCUT2D eigenvalue weighted by Crippen LogP contribution is 2.78. The minimum atomic E-state index is -0.193. The summed E-state index contributed by atoms with van der Waals surface area (Å²) in [6, 6.07) is 11.0. The van der Waals surface area contributed by atoms with E-state index in [0.717, 1.165) is 25.2 Å². The Kier molecular flexibility index (Phi) is 2.06. The molecule has 4 fully saturated rings. The van der Waals surface area contributed by atoms with Crippen LogP contribution < -0.4 is 5.73 Å². The van der Waals surface area contributed by atoms with E-state index in [4.69, 9.17) is 5.73 Å². The summed E-state index contributed by atoms with van der Waals surface area (Å²) < 4.78 is 0. The summed E-state index contributed by atoms with van der Waals surface area (Å²) in [5.74, 6) is 1.43. The Morgan fingerprint density at radius 1 is 1.00 bits per heavy atom. The number of rotatable bonds is 2. The number of hydrogen-bond acceptors (Lipinski definition) is 1. The van der Waals surface area contributed by atoms with Crippen molar-refractivity contribution >= 4 is 5.91 Å². The maximum absolute atomic E-state index is 12.2. The monoisotopic (exact) mass is 281 g/mol. The maximum Gasteiger partial charge on any atom is 0.223 e. The first kappa shape index (κ1) is 12.3. The van der Waals surface area contributed by atoms with Crippen LogP contribution in [0, 0.1) is 22.7 Å². The molecule has 4 aliphatic rings. The number of carbonyl (C=O) groups excluding carboxylic acids is 1. The van der Waals surface area contributed by atoms with E-state index in [1.54, 1.807) is 0 Å². The molecule has 4 saturated carbocycles. The first-order valence-corrected chi connectivity index (χ1v) is 8.46. The van der Waals surface area contributed by atoms with Crippen molar-refractivity contribution in [3.63, 3.8) is 0 Å². The van der Waals surface area contributed by atoms with Crippen LogP contribution in [0.15, 0.2) is 30.3 Å². The van der Waals surface area contributed by atoms with Crippen molar-refractivity contribution in [2.24, 2.45) is 28.4 Å². The van der Waals surface area contributed by atoms with Crippen LogP contribution in [0.4, 0.5) is 0 Å². The van der Waals surface area contributed by atoms with Crippen LogP contribution in [-0.2, 0) is 10.2 Å². The highest BCUT2D eigenvalue weighted by molar-refractivity contribution is 5.82. The molecule has 2 heteroatoms. The van der Waals surface area contributed by atoms with Gasteiger partial charge in [0.2, 0.25) is 5.91 Å². The van der Waals surface area contributed by atoms with Crippen molar-refractivity contribution in [1.29, 1.82) is 0 Å². The lowest BCUT2D eigenvalue weighted by molar-refractivity contribution is -0.129. The molecule has 5 rings (SSSR count). The van der Waals surface area contributed by atoms with Crippen LogP contribution in [0.5, 0.6) is 0 Å². The highest BCUT2D eigenvalue weighted by atomic mass is 16.1. The molecule has 2 N–H and O–H groups in total. The molecule has 1 amide bonds. The molecule has 0 saturated heterocycles. The van der Waals surface area contributed by atoms with Gasteiger partial charge in [-0.15, -0.1) is 0 Å². The number of amides is 1. The van der Waals surface area contributed by atoms with Crippen molar-refractivity contribution in [3.8, 4) is 0 Å². The summed E-state index contributed by atoms with van der Waals surface area (Å²) in [6.07, 6.45) is 8.59. The zero-order valence-electron chi connectivity index (χ0n) is 12.5. The zero-order valence-corrected chi connectivity index (χ0v) is 12.5. The number of hydrogen-bond donors (Lipinski definition) is 1. The van der Waals surface area contributed by atoms with Gasteiger partial charge in [0.05, 0.1) is 5.41 Å². The van der Waals surface area contributed by atoms with Gasteiger partial charge < -0.3 is 5.73 Å². The number of primary amides is 1. The molecule has 1 aromatic carbocycles. The first-order chi connectivity index (χ1) is 10.1. The Balaban J connectivity index is 1.66. The normalized spacial score (nSPS) is 45.0. The van der Waals surface area contributed by atoms with Gasteiger partial charge >= 0.3 is 0 Å². The van der Waals surface area contributed by atoms with Crippen molar-refractivity contribution < 1.29 is 4.79 Å². The van der Waals surface area contributed by atoms with Gasteiger partial charge in [0.1, 0.15) is 0 Å². The number of fused-ring (bicyclic) bond motifs is 2. The lowest BCUT2D eigenvalue weighted by atomic mass is 9.52. The van der Waals surface area contributed by atoms with Crippen LogP contribution in [-0.4, -0.2) is 5.91 Å². The number of benzene rings is 1. The molecule has 4 atom stereocenters. The fourth-order valence-electron chi connectivity index (χ4n) is 6.54. The summed E-state index contributed by atoms with van der Waals surface area (Å²) in [5, 5.41) is 0. The van der Waals surface area contributed by atoms with E-state index in [0.29, 0.717) is 11.3 Å². The van der Waals surface area contributed by atoms with E-state index < -0.39 is 0 Å². The van der Waals surface area contributed by atoms with Crippen LogP contribution in [0.1, 0.15) is 50.5 Å². The molecule has 21 heavy (non-hydrogen) atoms. The summed E-state index contributed by atoms with van der Waals surface area (Å²) in [6.45, 7) is 0. The Bertz CT molecular complexity index is 620. The molecule has 0 radical (unpaired) electrons. The topological polar surface area (TPSA) is 43.1 Å². The van der Waals surface area contributed by atoms with Gasteiger partial charge in [0, 0.05) is 0 Å². The van der Waals surface area contributed by atoms with E-state index >= 15 is 0 Å². The summed E-state index contributed by atoms with van der Waals surface area (Å²) in [5.41, 5.74) is 8.00. The maximum atomic E-state index is 12.2. The van der Waals surface area contributed by atoms with Gasteiger partial charge in [-0.05, 0) is 73.2 Å². The molecule has 110 valence electrons. The zero-order chi connectivity index (χ0) is 14.3. The van der Waals surface area contributed by atoms with Gasteiger partial charge in [-0.1, -0.05) is 30.3 Å². The molecule has 0 aliphatic heterocycles. The molecule has 4 aliphatic carbocycles.